The van der Waals surface area contributed by atoms with Gasteiger partial charge in [0, 0.05) is 12.7 Å². The molecule has 1 aromatic heterocycles. The van der Waals surface area contributed by atoms with Gasteiger partial charge in [-0.2, -0.15) is 0 Å². The minimum absolute atomic E-state index is 0.419. The van der Waals surface area contributed by atoms with Crippen molar-refractivity contribution in [3.05, 3.63) is 30.1 Å². The minimum Gasteiger partial charge on any atom is -0.480 e. The molecule has 17 heavy (non-hydrogen) atoms. The number of carboxylic acids is 1. The highest BCUT2D eigenvalue weighted by molar-refractivity contribution is 5.73. The summed E-state index contributed by atoms with van der Waals surface area (Å²) in [6.45, 7) is 2.64. The highest BCUT2D eigenvalue weighted by Gasteiger charge is 2.21. The first kappa shape index (κ1) is 13.6. The highest BCUT2D eigenvalue weighted by atomic mass is 16.4. The average Bonchev–Trinajstić information content (AvgIpc) is 2.30. The zero-order chi connectivity index (χ0) is 12.7. The van der Waals surface area contributed by atoms with Crippen LogP contribution in [0.3, 0.4) is 0 Å². The Hall–Kier alpha value is -1.42. The van der Waals surface area contributed by atoms with Crippen molar-refractivity contribution >= 4 is 5.97 Å². The molecule has 0 amide bonds. The second-order valence-corrected chi connectivity index (χ2v) is 4.23. The number of pyridine rings is 1. The molecule has 94 valence electrons. The number of hydrogen-bond donors (Lipinski definition) is 1. The maximum absolute atomic E-state index is 11.2. The van der Waals surface area contributed by atoms with Crippen molar-refractivity contribution < 1.29 is 9.90 Å². The van der Waals surface area contributed by atoms with Gasteiger partial charge in [0.05, 0.1) is 5.69 Å². The Bertz CT molecular complexity index is 341. The minimum atomic E-state index is -0.753. The second-order valence-electron chi connectivity index (χ2n) is 4.23. The summed E-state index contributed by atoms with van der Waals surface area (Å²) in [7, 11) is 1.84. The van der Waals surface area contributed by atoms with Crippen molar-refractivity contribution in [1.29, 1.82) is 0 Å². The summed E-state index contributed by atoms with van der Waals surface area (Å²) in [5.41, 5.74) is 0.901. The predicted molar refractivity (Wildman–Crippen MR) is 66.7 cm³/mol. The number of rotatable bonds is 7. The largest absolute Gasteiger partial charge is 0.480 e. The SMILES string of the molecule is CCCCC(C(=O)O)N(C)Cc1ccccn1. The molecular formula is C13H20N2O2. The lowest BCUT2D eigenvalue weighted by Gasteiger charge is -2.24. The first-order valence-electron chi connectivity index (χ1n) is 5.98. The summed E-state index contributed by atoms with van der Waals surface area (Å²) < 4.78 is 0. The number of aromatic nitrogens is 1. The van der Waals surface area contributed by atoms with Crippen molar-refractivity contribution in [3.8, 4) is 0 Å². The van der Waals surface area contributed by atoms with Crippen molar-refractivity contribution in [2.45, 2.75) is 38.8 Å². The predicted octanol–water partition coefficient (Wildman–Crippen LogP) is 2.16. The van der Waals surface area contributed by atoms with Crippen molar-refractivity contribution in [2.24, 2.45) is 0 Å². The van der Waals surface area contributed by atoms with Crippen LogP contribution in [0.25, 0.3) is 0 Å². The number of nitrogens with zero attached hydrogens (tertiary/aromatic N) is 2. The van der Waals surface area contributed by atoms with Crippen LogP contribution in [0, 0.1) is 0 Å². The molecule has 1 unspecified atom stereocenters. The fourth-order valence-electron chi connectivity index (χ4n) is 1.79. The molecule has 1 atom stereocenters. The van der Waals surface area contributed by atoms with E-state index in [0.717, 1.165) is 18.5 Å². The topological polar surface area (TPSA) is 53.4 Å². The van der Waals surface area contributed by atoms with E-state index in [1.54, 1.807) is 6.20 Å². The molecule has 0 fully saturated rings. The maximum atomic E-state index is 11.2. The van der Waals surface area contributed by atoms with Crippen LogP contribution in [-0.2, 0) is 11.3 Å². The van der Waals surface area contributed by atoms with Gasteiger partial charge in [-0.25, -0.2) is 0 Å². The van der Waals surface area contributed by atoms with Crippen molar-refractivity contribution in [1.82, 2.24) is 9.88 Å². The molecule has 0 aliphatic rings. The van der Waals surface area contributed by atoms with E-state index < -0.39 is 12.0 Å². The van der Waals surface area contributed by atoms with Gasteiger partial charge in [0.15, 0.2) is 0 Å². The molecule has 4 nitrogen and oxygen atoms in total. The number of carbonyl (C=O) groups is 1. The Balaban J connectivity index is 2.59. The molecule has 0 aromatic carbocycles. The molecule has 0 aliphatic carbocycles. The van der Waals surface area contributed by atoms with Gasteiger partial charge in [0.2, 0.25) is 0 Å². The molecular weight excluding hydrogens is 216 g/mol. The van der Waals surface area contributed by atoms with Gasteiger partial charge < -0.3 is 5.11 Å². The van der Waals surface area contributed by atoms with Crippen LogP contribution in [-0.4, -0.2) is 34.0 Å². The standard InChI is InChI=1S/C13H20N2O2/c1-3-4-8-12(13(16)17)15(2)10-11-7-5-6-9-14-11/h5-7,9,12H,3-4,8,10H2,1-2H3,(H,16,17). The molecule has 0 aliphatic heterocycles. The summed E-state index contributed by atoms with van der Waals surface area (Å²) in [6, 6.07) is 5.26. The number of likely N-dealkylation sites (N-methyl/N-ethyl adjacent to an activating group) is 1. The number of aliphatic carboxylic acids is 1. The average molecular weight is 236 g/mol. The normalized spacial score (nSPS) is 12.6. The van der Waals surface area contributed by atoms with Gasteiger partial charge in [-0.1, -0.05) is 25.8 Å². The van der Waals surface area contributed by atoms with E-state index in [0.29, 0.717) is 13.0 Å². The summed E-state index contributed by atoms with van der Waals surface area (Å²) in [4.78, 5) is 17.2. The van der Waals surface area contributed by atoms with E-state index in [2.05, 4.69) is 11.9 Å². The van der Waals surface area contributed by atoms with E-state index in [1.165, 1.54) is 0 Å². The Morgan fingerprint density at radius 2 is 2.29 bits per heavy atom. The number of carboxylic acid groups (broad SMARTS) is 1. The van der Waals surface area contributed by atoms with Gasteiger partial charge in [-0.3, -0.25) is 14.7 Å². The lowest BCUT2D eigenvalue weighted by molar-refractivity contribution is -0.143. The molecule has 4 heteroatoms. The zero-order valence-electron chi connectivity index (χ0n) is 10.5. The molecule has 0 spiro atoms. The highest BCUT2D eigenvalue weighted by Crippen LogP contribution is 2.10. The van der Waals surface area contributed by atoms with Gasteiger partial charge in [-0.05, 0) is 25.6 Å². The summed E-state index contributed by atoms with van der Waals surface area (Å²) in [6.07, 6.45) is 4.37. The van der Waals surface area contributed by atoms with Gasteiger partial charge >= 0.3 is 5.97 Å². The third-order valence-corrected chi connectivity index (χ3v) is 2.79. The molecule has 0 saturated carbocycles. The van der Waals surface area contributed by atoms with Crippen molar-refractivity contribution in [3.63, 3.8) is 0 Å². The van der Waals surface area contributed by atoms with Crippen LogP contribution in [0.2, 0.25) is 0 Å². The van der Waals surface area contributed by atoms with Gasteiger partial charge in [-0.15, -0.1) is 0 Å². The Morgan fingerprint density at radius 1 is 1.53 bits per heavy atom. The zero-order valence-corrected chi connectivity index (χ0v) is 10.5. The van der Waals surface area contributed by atoms with Crippen LogP contribution in [0.4, 0.5) is 0 Å². The summed E-state index contributed by atoms with van der Waals surface area (Å²) in [5, 5.41) is 9.19. The second kappa shape index (κ2) is 7.01. The van der Waals surface area contributed by atoms with Crippen LogP contribution >= 0.6 is 0 Å². The fraction of sp³-hybridized carbons (Fsp3) is 0.538. The summed E-state index contributed by atoms with van der Waals surface area (Å²) >= 11 is 0. The molecule has 1 rings (SSSR count). The molecule has 1 heterocycles. The van der Waals surface area contributed by atoms with E-state index >= 15 is 0 Å². The Labute approximate surface area is 102 Å². The lowest BCUT2D eigenvalue weighted by atomic mass is 10.1. The third-order valence-electron chi connectivity index (χ3n) is 2.79. The van der Waals surface area contributed by atoms with Crippen LogP contribution in [0.15, 0.2) is 24.4 Å². The Kier molecular flexibility index (Phi) is 5.63. The van der Waals surface area contributed by atoms with E-state index in [1.807, 2.05) is 30.1 Å². The summed E-state index contributed by atoms with van der Waals surface area (Å²) in [5.74, 6) is -0.753. The van der Waals surface area contributed by atoms with E-state index in [4.69, 9.17) is 0 Å². The Morgan fingerprint density at radius 3 is 2.82 bits per heavy atom. The van der Waals surface area contributed by atoms with Gasteiger partial charge in [0.1, 0.15) is 6.04 Å². The van der Waals surface area contributed by atoms with E-state index in [-0.39, 0.29) is 0 Å². The van der Waals surface area contributed by atoms with Crippen LogP contribution in [0.1, 0.15) is 31.9 Å². The molecule has 0 radical (unpaired) electrons. The van der Waals surface area contributed by atoms with Crippen molar-refractivity contribution in [2.75, 3.05) is 7.05 Å². The first-order chi connectivity index (χ1) is 8.15. The third kappa shape index (κ3) is 4.53. The quantitative estimate of drug-likeness (QED) is 0.788. The number of hydrogen-bond acceptors (Lipinski definition) is 3. The molecule has 0 bridgehead atoms. The maximum Gasteiger partial charge on any atom is 0.320 e. The molecule has 1 aromatic rings. The first-order valence-corrected chi connectivity index (χ1v) is 5.98. The van der Waals surface area contributed by atoms with E-state index in [9.17, 15) is 9.90 Å². The van der Waals surface area contributed by atoms with Crippen LogP contribution in [0.5, 0.6) is 0 Å². The lowest BCUT2D eigenvalue weighted by Crippen LogP contribution is -2.38. The van der Waals surface area contributed by atoms with Crippen LogP contribution < -0.4 is 0 Å². The smallest absolute Gasteiger partial charge is 0.320 e. The molecule has 1 N–H and O–H groups in total. The molecule has 0 saturated heterocycles. The monoisotopic (exact) mass is 236 g/mol. The van der Waals surface area contributed by atoms with Gasteiger partial charge in [0.25, 0.3) is 0 Å². The fourth-order valence-corrected chi connectivity index (χ4v) is 1.79. The number of unbranched alkanes of at least 4 members (excludes halogenated alkanes) is 1.